The van der Waals surface area contributed by atoms with E-state index >= 15 is 0 Å². The molecule has 0 saturated carbocycles. The van der Waals surface area contributed by atoms with Gasteiger partial charge in [0.25, 0.3) is 0 Å². The van der Waals surface area contributed by atoms with Crippen LogP contribution in [0.1, 0.15) is 30.0 Å². The summed E-state index contributed by atoms with van der Waals surface area (Å²) in [6.07, 6.45) is 2.31. The Kier molecular flexibility index (Phi) is 5.64. The lowest BCUT2D eigenvalue weighted by Crippen LogP contribution is -2.45. The molecule has 146 valence electrons. The van der Waals surface area contributed by atoms with Crippen LogP contribution in [0.2, 0.25) is 0 Å². The summed E-state index contributed by atoms with van der Waals surface area (Å²) in [4.78, 5) is 1.47. The van der Waals surface area contributed by atoms with Crippen LogP contribution in [0.15, 0.2) is 48.5 Å². The molecule has 1 saturated heterocycles. The highest BCUT2D eigenvalue weighted by molar-refractivity contribution is 5.58. The second-order valence-corrected chi connectivity index (χ2v) is 7.10. The number of nitrogens with zero attached hydrogens (tertiary/aromatic N) is 4. The van der Waals surface area contributed by atoms with Gasteiger partial charge in [0.2, 0.25) is 5.82 Å². The molecule has 2 heterocycles. The van der Waals surface area contributed by atoms with E-state index in [1.165, 1.54) is 16.8 Å². The maximum Gasteiger partial charge on any atom is 0.204 e. The standard InChI is InChI=1S/C21H26N6O/c1-27-25-21(24-26-27)16-10-11-19(28-2)17(13-16)14-23-18-9-6-12-22-20(18)15-7-4-3-5-8-15/h3-5,7-8,10-11,13,18,20,22-23H,6,9,12,14H2,1-2H3/t18-,20-/m0/s1. The zero-order chi connectivity index (χ0) is 19.3. The van der Waals surface area contributed by atoms with E-state index in [-0.39, 0.29) is 0 Å². The van der Waals surface area contributed by atoms with Gasteiger partial charge in [-0.2, -0.15) is 4.80 Å². The lowest BCUT2D eigenvalue weighted by molar-refractivity contribution is 0.303. The quantitative estimate of drug-likeness (QED) is 0.686. The highest BCUT2D eigenvalue weighted by Gasteiger charge is 2.25. The molecule has 7 heteroatoms. The molecule has 0 spiro atoms. The topological polar surface area (TPSA) is 76.9 Å². The fraction of sp³-hybridized carbons (Fsp3) is 0.381. The average Bonchev–Trinajstić information content (AvgIpc) is 3.19. The number of aryl methyl sites for hydroxylation is 1. The van der Waals surface area contributed by atoms with E-state index in [4.69, 9.17) is 4.74 Å². The summed E-state index contributed by atoms with van der Waals surface area (Å²) in [7, 11) is 3.47. The molecule has 0 unspecified atom stereocenters. The van der Waals surface area contributed by atoms with Crippen molar-refractivity contribution in [3.63, 3.8) is 0 Å². The first-order chi connectivity index (χ1) is 13.7. The SMILES string of the molecule is COc1ccc(-c2nnn(C)n2)cc1CN[C@H]1CCCN[C@H]1c1ccccc1. The van der Waals surface area contributed by atoms with Gasteiger partial charge in [0.1, 0.15) is 5.75 Å². The zero-order valence-electron chi connectivity index (χ0n) is 16.3. The van der Waals surface area contributed by atoms with Crippen molar-refractivity contribution in [2.24, 2.45) is 7.05 Å². The first-order valence-corrected chi connectivity index (χ1v) is 9.67. The number of ether oxygens (including phenoxy) is 1. The van der Waals surface area contributed by atoms with Crippen molar-refractivity contribution in [1.82, 2.24) is 30.8 Å². The van der Waals surface area contributed by atoms with Crippen molar-refractivity contribution in [3.05, 3.63) is 59.7 Å². The Balaban J connectivity index is 1.53. The Bertz CT molecular complexity index is 910. The lowest BCUT2D eigenvalue weighted by atomic mass is 9.92. The van der Waals surface area contributed by atoms with E-state index in [9.17, 15) is 0 Å². The van der Waals surface area contributed by atoms with Gasteiger partial charge in [-0.25, -0.2) is 0 Å². The van der Waals surface area contributed by atoms with Crippen LogP contribution in [0.4, 0.5) is 0 Å². The van der Waals surface area contributed by atoms with Gasteiger partial charge in [-0.05, 0) is 48.4 Å². The maximum absolute atomic E-state index is 5.58. The molecule has 2 atom stereocenters. The van der Waals surface area contributed by atoms with E-state index in [1.807, 2.05) is 12.1 Å². The van der Waals surface area contributed by atoms with Crippen LogP contribution in [0, 0.1) is 0 Å². The second-order valence-electron chi connectivity index (χ2n) is 7.10. The largest absolute Gasteiger partial charge is 0.496 e. The predicted octanol–water partition coefficient (Wildman–Crippen LogP) is 2.47. The Hall–Kier alpha value is -2.77. The first kappa shape index (κ1) is 18.6. The Morgan fingerprint density at radius 2 is 2.07 bits per heavy atom. The minimum Gasteiger partial charge on any atom is -0.496 e. The summed E-state index contributed by atoms with van der Waals surface area (Å²) < 4.78 is 5.58. The van der Waals surface area contributed by atoms with Crippen LogP contribution >= 0.6 is 0 Å². The van der Waals surface area contributed by atoms with Crippen LogP contribution in [0.3, 0.4) is 0 Å². The van der Waals surface area contributed by atoms with Gasteiger partial charge in [0, 0.05) is 29.8 Å². The number of nitrogens with one attached hydrogen (secondary N) is 2. The normalized spacial score (nSPS) is 19.5. The number of piperidine rings is 1. The molecule has 1 fully saturated rings. The van der Waals surface area contributed by atoms with Crippen molar-refractivity contribution in [2.75, 3.05) is 13.7 Å². The van der Waals surface area contributed by atoms with Crippen LogP contribution in [0.25, 0.3) is 11.4 Å². The lowest BCUT2D eigenvalue weighted by Gasteiger charge is -2.34. The molecule has 0 amide bonds. The number of hydrogen-bond donors (Lipinski definition) is 2. The smallest absolute Gasteiger partial charge is 0.204 e. The van der Waals surface area contributed by atoms with Crippen molar-refractivity contribution >= 4 is 0 Å². The fourth-order valence-corrected chi connectivity index (χ4v) is 3.82. The molecule has 4 rings (SSSR count). The van der Waals surface area contributed by atoms with E-state index < -0.39 is 0 Å². The number of hydrogen-bond acceptors (Lipinski definition) is 6. The van der Waals surface area contributed by atoms with Crippen molar-refractivity contribution < 1.29 is 4.74 Å². The minimum atomic E-state index is 0.311. The van der Waals surface area contributed by atoms with Crippen LogP contribution in [-0.2, 0) is 13.6 Å². The molecule has 1 aliphatic rings. The summed E-state index contributed by atoms with van der Waals surface area (Å²) in [5, 5.41) is 19.8. The van der Waals surface area contributed by atoms with Gasteiger partial charge in [0.15, 0.2) is 0 Å². The van der Waals surface area contributed by atoms with Crippen LogP contribution < -0.4 is 15.4 Å². The second kappa shape index (κ2) is 8.50. The molecule has 0 bridgehead atoms. The van der Waals surface area contributed by atoms with Gasteiger partial charge in [-0.3, -0.25) is 0 Å². The number of methoxy groups -OCH3 is 1. The van der Waals surface area contributed by atoms with E-state index in [2.05, 4.69) is 62.4 Å². The molecule has 0 radical (unpaired) electrons. The summed E-state index contributed by atoms with van der Waals surface area (Å²) in [6, 6.07) is 17.3. The van der Waals surface area contributed by atoms with Gasteiger partial charge in [-0.1, -0.05) is 30.3 Å². The van der Waals surface area contributed by atoms with E-state index in [0.717, 1.165) is 29.8 Å². The number of tetrazole rings is 1. The Morgan fingerprint density at radius 3 is 2.82 bits per heavy atom. The summed E-state index contributed by atoms with van der Waals surface area (Å²) in [5.74, 6) is 1.48. The first-order valence-electron chi connectivity index (χ1n) is 9.67. The van der Waals surface area contributed by atoms with Gasteiger partial charge in [0.05, 0.1) is 14.2 Å². The number of rotatable bonds is 6. The Labute approximate surface area is 165 Å². The fourth-order valence-electron chi connectivity index (χ4n) is 3.82. The molecule has 1 aliphatic heterocycles. The van der Waals surface area contributed by atoms with E-state index in [0.29, 0.717) is 24.5 Å². The average molecular weight is 378 g/mol. The highest BCUT2D eigenvalue weighted by atomic mass is 16.5. The predicted molar refractivity (Wildman–Crippen MR) is 108 cm³/mol. The van der Waals surface area contributed by atoms with Crippen LogP contribution in [-0.4, -0.2) is 39.9 Å². The van der Waals surface area contributed by atoms with Gasteiger partial charge < -0.3 is 15.4 Å². The van der Waals surface area contributed by atoms with E-state index in [1.54, 1.807) is 14.2 Å². The number of aromatic nitrogens is 4. The number of benzene rings is 2. The maximum atomic E-state index is 5.58. The van der Waals surface area contributed by atoms with Gasteiger partial charge in [-0.15, -0.1) is 10.2 Å². The third-order valence-corrected chi connectivity index (χ3v) is 5.22. The van der Waals surface area contributed by atoms with Crippen molar-refractivity contribution in [3.8, 4) is 17.1 Å². The molecular formula is C21H26N6O. The molecule has 7 nitrogen and oxygen atoms in total. The van der Waals surface area contributed by atoms with Crippen LogP contribution in [0.5, 0.6) is 5.75 Å². The molecular weight excluding hydrogens is 352 g/mol. The third-order valence-electron chi connectivity index (χ3n) is 5.22. The third kappa shape index (κ3) is 4.05. The molecule has 1 aromatic heterocycles. The molecule has 2 aromatic carbocycles. The van der Waals surface area contributed by atoms with Crippen molar-refractivity contribution in [2.45, 2.75) is 31.5 Å². The van der Waals surface area contributed by atoms with Crippen molar-refractivity contribution in [1.29, 1.82) is 0 Å². The molecule has 2 N–H and O–H groups in total. The monoisotopic (exact) mass is 378 g/mol. The Morgan fingerprint density at radius 1 is 1.21 bits per heavy atom. The summed E-state index contributed by atoms with van der Waals surface area (Å²) in [6.45, 7) is 1.77. The van der Waals surface area contributed by atoms with Gasteiger partial charge >= 0.3 is 0 Å². The molecule has 0 aliphatic carbocycles. The zero-order valence-corrected chi connectivity index (χ0v) is 16.3. The molecule has 28 heavy (non-hydrogen) atoms. The summed E-state index contributed by atoms with van der Waals surface area (Å²) in [5.41, 5.74) is 3.35. The molecule has 3 aromatic rings. The summed E-state index contributed by atoms with van der Waals surface area (Å²) >= 11 is 0. The minimum absolute atomic E-state index is 0.311. The highest BCUT2D eigenvalue weighted by Crippen LogP contribution is 2.27.